The zero-order chi connectivity index (χ0) is 15.9. The highest BCUT2D eigenvalue weighted by molar-refractivity contribution is 5.95. The van der Waals surface area contributed by atoms with E-state index >= 15 is 0 Å². The molecule has 0 fully saturated rings. The molecule has 0 bridgehead atoms. The normalized spacial score (nSPS) is 11.5. The van der Waals surface area contributed by atoms with Crippen LogP contribution in [0.25, 0.3) is 0 Å². The van der Waals surface area contributed by atoms with Gasteiger partial charge in [-0.1, -0.05) is 37.3 Å². The maximum Gasteiger partial charge on any atom is 0.257 e. The van der Waals surface area contributed by atoms with E-state index in [9.17, 15) is 14.7 Å². The Bertz CT molecular complexity index is 639. The van der Waals surface area contributed by atoms with Gasteiger partial charge in [0.15, 0.2) is 6.10 Å². The summed E-state index contributed by atoms with van der Waals surface area (Å²) in [4.78, 5) is 23.3. The lowest BCUT2D eigenvalue weighted by atomic mass is 10.1. The minimum absolute atomic E-state index is 0.0729. The third-order valence-corrected chi connectivity index (χ3v) is 3.12. The molecule has 0 radical (unpaired) electrons. The molecular weight excluding hydrogens is 280 g/mol. The van der Waals surface area contributed by atoms with Crippen molar-refractivity contribution in [2.24, 2.45) is 0 Å². The van der Waals surface area contributed by atoms with Crippen molar-refractivity contribution in [3.63, 3.8) is 0 Å². The van der Waals surface area contributed by atoms with Gasteiger partial charge in [-0.05, 0) is 29.8 Å². The van der Waals surface area contributed by atoms with E-state index in [2.05, 4.69) is 10.6 Å². The minimum atomic E-state index is -1.22. The van der Waals surface area contributed by atoms with Crippen molar-refractivity contribution in [2.75, 3.05) is 10.6 Å². The summed E-state index contributed by atoms with van der Waals surface area (Å²) in [5, 5.41) is 15.3. The van der Waals surface area contributed by atoms with Gasteiger partial charge < -0.3 is 15.7 Å². The first-order chi connectivity index (χ1) is 10.6. The Kier molecular flexibility index (Phi) is 5.27. The molecule has 0 aliphatic heterocycles. The number of aliphatic hydroxyl groups excluding tert-OH is 1. The van der Waals surface area contributed by atoms with Crippen molar-refractivity contribution >= 4 is 23.2 Å². The molecule has 2 amide bonds. The smallest absolute Gasteiger partial charge is 0.257 e. The Hall–Kier alpha value is -2.66. The molecule has 0 spiro atoms. The molecule has 0 heterocycles. The van der Waals surface area contributed by atoms with Gasteiger partial charge in [-0.15, -0.1) is 0 Å². The molecule has 22 heavy (non-hydrogen) atoms. The molecule has 0 aliphatic rings. The van der Waals surface area contributed by atoms with Crippen molar-refractivity contribution in [3.05, 3.63) is 60.2 Å². The van der Waals surface area contributed by atoms with E-state index in [0.29, 0.717) is 23.4 Å². The largest absolute Gasteiger partial charge is 0.378 e. The number of benzene rings is 2. The average Bonchev–Trinajstić information content (AvgIpc) is 2.56. The summed E-state index contributed by atoms with van der Waals surface area (Å²) in [5.74, 6) is -0.576. The van der Waals surface area contributed by atoms with Crippen LogP contribution in [-0.4, -0.2) is 16.9 Å². The van der Waals surface area contributed by atoms with E-state index in [0.717, 1.165) is 0 Å². The highest BCUT2D eigenvalue weighted by Gasteiger charge is 2.16. The molecule has 1 atom stereocenters. The fourth-order valence-electron chi connectivity index (χ4n) is 1.88. The number of carbonyl (C=O) groups is 2. The molecule has 0 aliphatic carbocycles. The second kappa shape index (κ2) is 7.38. The van der Waals surface area contributed by atoms with Crippen LogP contribution >= 0.6 is 0 Å². The predicted octanol–water partition coefficient (Wildman–Crippen LogP) is 2.71. The van der Waals surface area contributed by atoms with Crippen molar-refractivity contribution in [3.8, 4) is 0 Å². The summed E-state index contributed by atoms with van der Waals surface area (Å²) in [6.45, 7) is 1.77. The maximum absolute atomic E-state index is 12.0. The quantitative estimate of drug-likeness (QED) is 0.794. The summed E-state index contributed by atoms with van der Waals surface area (Å²) in [5.41, 5.74) is 1.75. The lowest BCUT2D eigenvalue weighted by Crippen LogP contribution is -2.20. The first-order valence-corrected chi connectivity index (χ1v) is 7.04. The average molecular weight is 298 g/mol. The van der Waals surface area contributed by atoms with E-state index in [-0.39, 0.29) is 5.91 Å². The summed E-state index contributed by atoms with van der Waals surface area (Å²) in [7, 11) is 0. The molecular formula is C17H18N2O3. The zero-order valence-electron chi connectivity index (χ0n) is 12.2. The standard InChI is InChI=1S/C17H18N2O3/c1-2-15(20)18-13-8-10-14(11-9-13)19-17(22)16(21)12-6-4-3-5-7-12/h3-11,16,21H,2H2,1H3,(H,18,20)(H,19,22). The molecule has 2 rings (SSSR count). The number of nitrogens with one attached hydrogen (secondary N) is 2. The van der Waals surface area contributed by atoms with E-state index in [1.165, 1.54) is 0 Å². The van der Waals surface area contributed by atoms with Crippen molar-refractivity contribution in [1.29, 1.82) is 0 Å². The fourth-order valence-corrected chi connectivity index (χ4v) is 1.88. The monoisotopic (exact) mass is 298 g/mol. The van der Waals surface area contributed by atoms with Crippen LogP contribution in [0, 0.1) is 0 Å². The number of hydrogen-bond acceptors (Lipinski definition) is 3. The van der Waals surface area contributed by atoms with Crippen LogP contribution in [0.1, 0.15) is 25.0 Å². The Morgan fingerprint density at radius 2 is 1.50 bits per heavy atom. The molecule has 1 unspecified atom stereocenters. The summed E-state index contributed by atoms with van der Waals surface area (Å²) in [6, 6.07) is 15.4. The number of aliphatic hydroxyl groups is 1. The lowest BCUT2D eigenvalue weighted by Gasteiger charge is -2.12. The molecule has 5 nitrogen and oxygen atoms in total. The molecule has 5 heteroatoms. The summed E-state index contributed by atoms with van der Waals surface area (Å²) < 4.78 is 0. The van der Waals surface area contributed by atoms with Crippen molar-refractivity contribution < 1.29 is 14.7 Å². The van der Waals surface area contributed by atoms with Crippen LogP contribution in [0.3, 0.4) is 0 Å². The second-order valence-corrected chi connectivity index (χ2v) is 4.78. The van der Waals surface area contributed by atoms with Crippen LogP contribution in [0.5, 0.6) is 0 Å². The first kappa shape index (κ1) is 15.7. The fraction of sp³-hybridized carbons (Fsp3) is 0.176. The van der Waals surface area contributed by atoms with Gasteiger partial charge in [0.1, 0.15) is 0 Å². The van der Waals surface area contributed by atoms with Crippen LogP contribution in [-0.2, 0) is 9.59 Å². The number of carbonyl (C=O) groups excluding carboxylic acids is 2. The molecule has 2 aromatic carbocycles. The minimum Gasteiger partial charge on any atom is -0.378 e. The first-order valence-electron chi connectivity index (χ1n) is 7.04. The van der Waals surface area contributed by atoms with Crippen LogP contribution in [0.4, 0.5) is 11.4 Å². The number of amides is 2. The summed E-state index contributed by atoms with van der Waals surface area (Å²) >= 11 is 0. The van der Waals surface area contributed by atoms with Gasteiger partial charge in [-0.2, -0.15) is 0 Å². The Morgan fingerprint density at radius 1 is 0.955 bits per heavy atom. The molecule has 0 saturated heterocycles. The lowest BCUT2D eigenvalue weighted by molar-refractivity contribution is -0.124. The van der Waals surface area contributed by atoms with Crippen LogP contribution in [0.2, 0.25) is 0 Å². The molecule has 3 N–H and O–H groups in total. The number of hydrogen-bond donors (Lipinski definition) is 3. The predicted molar refractivity (Wildman–Crippen MR) is 85.4 cm³/mol. The highest BCUT2D eigenvalue weighted by Crippen LogP contribution is 2.17. The molecule has 0 aromatic heterocycles. The van der Waals surface area contributed by atoms with Crippen molar-refractivity contribution in [2.45, 2.75) is 19.4 Å². The van der Waals surface area contributed by atoms with Gasteiger partial charge in [0, 0.05) is 17.8 Å². The van der Waals surface area contributed by atoms with Gasteiger partial charge in [0.05, 0.1) is 0 Å². The third kappa shape index (κ3) is 4.17. The van der Waals surface area contributed by atoms with Gasteiger partial charge in [0.2, 0.25) is 5.91 Å². The molecule has 2 aromatic rings. The number of anilines is 2. The van der Waals surface area contributed by atoms with E-state index < -0.39 is 12.0 Å². The van der Waals surface area contributed by atoms with Gasteiger partial charge >= 0.3 is 0 Å². The molecule has 114 valence electrons. The van der Waals surface area contributed by atoms with Gasteiger partial charge in [0.25, 0.3) is 5.91 Å². The Balaban J connectivity index is 1.98. The second-order valence-electron chi connectivity index (χ2n) is 4.78. The van der Waals surface area contributed by atoms with E-state index in [4.69, 9.17) is 0 Å². The van der Waals surface area contributed by atoms with Crippen LogP contribution in [0.15, 0.2) is 54.6 Å². The molecule has 0 saturated carbocycles. The van der Waals surface area contributed by atoms with Crippen LogP contribution < -0.4 is 10.6 Å². The zero-order valence-corrected chi connectivity index (χ0v) is 12.2. The third-order valence-electron chi connectivity index (χ3n) is 3.12. The summed E-state index contributed by atoms with van der Waals surface area (Å²) in [6.07, 6.45) is -0.817. The van der Waals surface area contributed by atoms with Crippen molar-refractivity contribution in [1.82, 2.24) is 0 Å². The maximum atomic E-state index is 12.0. The topological polar surface area (TPSA) is 78.4 Å². The van der Waals surface area contributed by atoms with Gasteiger partial charge in [-0.3, -0.25) is 9.59 Å². The SMILES string of the molecule is CCC(=O)Nc1ccc(NC(=O)C(O)c2ccccc2)cc1. The van der Waals surface area contributed by atoms with E-state index in [1.54, 1.807) is 55.5 Å². The number of rotatable bonds is 5. The Morgan fingerprint density at radius 3 is 2.05 bits per heavy atom. The Labute approximate surface area is 129 Å². The van der Waals surface area contributed by atoms with E-state index in [1.807, 2.05) is 6.07 Å². The van der Waals surface area contributed by atoms with Gasteiger partial charge in [-0.25, -0.2) is 0 Å². The highest BCUT2D eigenvalue weighted by atomic mass is 16.3.